The van der Waals surface area contributed by atoms with E-state index in [9.17, 15) is 9.59 Å². The zero-order valence-electron chi connectivity index (χ0n) is 18.4. The molecule has 2 rings (SSSR count). The van der Waals surface area contributed by atoms with Crippen molar-refractivity contribution in [2.75, 3.05) is 13.2 Å². The summed E-state index contributed by atoms with van der Waals surface area (Å²) in [6.07, 6.45) is 0.664. The van der Waals surface area contributed by atoms with Crippen molar-refractivity contribution in [1.82, 2.24) is 10.2 Å². The molecule has 162 valence electrons. The van der Waals surface area contributed by atoms with Gasteiger partial charge in [-0.15, -0.1) is 0 Å². The number of hydrogen-bond acceptors (Lipinski definition) is 3. The highest BCUT2D eigenvalue weighted by molar-refractivity contribution is 9.10. The minimum atomic E-state index is -0.601. The van der Waals surface area contributed by atoms with Gasteiger partial charge in [0.1, 0.15) is 11.8 Å². The molecule has 30 heavy (non-hydrogen) atoms. The Balaban J connectivity index is 2.10. The van der Waals surface area contributed by atoms with Gasteiger partial charge in [0.25, 0.3) is 5.91 Å². The molecule has 2 amide bonds. The number of benzene rings is 2. The van der Waals surface area contributed by atoms with Crippen molar-refractivity contribution in [3.8, 4) is 5.75 Å². The first-order valence-corrected chi connectivity index (χ1v) is 10.9. The monoisotopic (exact) mass is 474 g/mol. The van der Waals surface area contributed by atoms with Gasteiger partial charge in [0.2, 0.25) is 5.91 Å². The summed E-state index contributed by atoms with van der Waals surface area (Å²) in [6, 6.07) is 14.9. The molecule has 0 saturated heterocycles. The van der Waals surface area contributed by atoms with E-state index in [1.165, 1.54) is 0 Å². The third kappa shape index (κ3) is 7.48. The molecule has 0 bridgehead atoms. The summed E-state index contributed by atoms with van der Waals surface area (Å²) in [6.45, 7) is 9.80. The molecule has 6 heteroatoms. The highest BCUT2D eigenvalue weighted by Crippen LogP contribution is 2.21. The lowest BCUT2D eigenvalue weighted by atomic mass is 10.1. The van der Waals surface area contributed by atoms with Crippen molar-refractivity contribution in [1.29, 1.82) is 0 Å². The molecular weight excluding hydrogens is 444 g/mol. The maximum absolute atomic E-state index is 13.0. The topological polar surface area (TPSA) is 58.6 Å². The number of hydrogen-bond donors (Lipinski definition) is 1. The second-order valence-corrected chi connectivity index (χ2v) is 9.29. The van der Waals surface area contributed by atoms with Gasteiger partial charge >= 0.3 is 0 Å². The van der Waals surface area contributed by atoms with Crippen LogP contribution >= 0.6 is 15.9 Å². The third-order valence-electron chi connectivity index (χ3n) is 4.64. The average Bonchev–Trinajstić information content (AvgIpc) is 2.68. The maximum Gasteiger partial charge on any atom is 0.261 e. The van der Waals surface area contributed by atoms with Crippen LogP contribution in [0.4, 0.5) is 0 Å². The van der Waals surface area contributed by atoms with E-state index in [1.54, 1.807) is 11.8 Å². The molecule has 0 aliphatic heterocycles. The summed E-state index contributed by atoms with van der Waals surface area (Å²) in [4.78, 5) is 27.3. The van der Waals surface area contributed by atoms with E-state index in [0.717, 1.165) is 15.6 Å². The number of halogens is 1. The first kappa shape index (κ1) is 23.9. The van der Waals surface area contributed by atoms with Gasteiger partial charge in [-0.25, -0.2) is 0 Å². The van der Waals surface area contributed by atoms with Crippen molar-refractivity contribution in [3.63, 3.8) is 0 Å². The maximum atomic E-state index is 13.0. The zero-order chi connectivity index (χ0) is 22.3. The Morgan fingerprint density at radius 1 is 1.13 bits per heavy atom. The zero-order valence-corrected chi connectivity index (χ0v) is 20.0. The predicted molar refractivity (Wildman–Crippen MR) is 124 cm³/mol. The Kier molecular flexibility index (Phi) is 8.47. The van der Waals surface area contributed by atoms with Gasteiger partial charge in [-0.05, 0) is 70.4 Å². The number of nitrogens with one attached hydrogen (secondary N) is 1. The lowest BCUT2D eigenvalue weighted by Gasteiger charge is -2.31. The number of nitrogens with zero attached hydrogens (tertiary/aromatic N) is 1. The Labute approximate surface area is 187 Å². The van der Waals surface area contributed by atoms with Crippen LogP contribution in [0.3, 0.4) is 0 Å². The van der Waals surface area contributed by atoms with E-state index in [2.05, 4.69) is 21.2 Å². The van der Waals surface area contributed by atoms with E-state index in [0.29, 0.717) is 18.7 Å². The first-order valence-electron chi connectivity index (χ1n) is 10.1. The molecule has 5 nitrogen and oxygen atoms in total. The summed E-state index contributed by atoms with van der Waals surface area (Å²) in [5.74, 6) is 0.227. The van der Waals surface area contributed by atoms with E-state index in [-0.39, 0.29) is 24.0 Å². The summed E-state index contributed by atoms with van der Waals surface area (Å²) in [7, 11) is 0. The molecule has 0 aliphatic rings. The molecule has 1 unspecified atom stereocenters. The van der Waals surface area contributed by atoms with Crippen LogP contribution in [0.25, 0.3) is 0 Å². The number of aryl methyl sites for hydroxylation is 1. The van der Waals surface area contributed by atoms with Crippen LogP contribution in [0, 0.1) is 6.92 Å². The molecule has 1 atom stereocenters. The summed E-state index contributed by atoms with van der Waals surface area (Å²) >= 11 is 3.46. The van der Waals surface area contributed by atoms with E-state index >= 15 is 0 Å². The van der Waals surface area contributed by atoms with Crippen LogP contribution in [-0.2, 0) is 16.0 Å². The van der Waals surface area contributed by atoms with Gasteiger partial charge in [-0.2, -0.15) is 0 Å². The minimum absolute atomic E-state index is 0.122. The standard InChI is InChI=1S/C24H31BrN2O3/c1-17-15-20(11-12-21(17)25)30-16-22(28)27(14-13-19-9-7-6-8-10-19)18(2)23(29)26-24(3,4)5/h6-12,15,18H,13-14,16H2,1-5H3,(H,26,29). The van der Waals surface area contributed by atoms with Gasteiger partial charge in [-0.3, -0.25) is 9.59 Å². The summed E-state index contributed by atoms with van der Waals surface area (Å²) in [5.41, 5.74) is 1.77. The summed E-state index contributed by atoms with van der Waals surface area (Å²) < 4.78 is 6.71. The number of rotatable bonds is 8. The van der Waals surface area contributed by atoms with Crippen LogP contribution < -0.4 is 10.1 Å². The largest absolute Gasteiger partial charge is 0.484 e. The Morgan fingerprint density at radius 2 is 1.80 bits per heavy atom. The molecule has 0 heterocycles. The average molecular weight is 475 g/mol. The van der Waals surface area contributed by atoms with Gasteiger partial charge in [0.05, 0.1) is 0 Å². The lowest BCUT2D eigenvalue weighted by molar-refractivity contribution is -0.142. The van der Waals surface area contributed by atoms with Gasteiger partial charge in [0.15, 0.2) is 6.61 Å². The molecule has 0 aliphatic carbocycles. The Bertz CT molecular complexity index is 862. The first-order chi connectivity index (χ1) is 14.1. The molecule has 0 radical (unpaired) electrons. The highest BCUT2D eigenvalue weighted by atomic mass is 79.9. The van der Waals surface area contributed by atoms with Crippen LogP contribution in [0.15, 0.2) is 53.0 Å². The molecule has 2 aromatic carbocycles. The number of carbonyl (C=O) groups excluding carboxylic acids is 2. The lowest BCUT2D eigenvalue weighted by Crippen LogP contribution is -2.53. The highest BCUT2D eigenvalue weighted by Gasteiger charge is 2.28. The van der Waals surface area contributed by atoms with E-state index in [4.69, 9.17) is 4.74 Å². The van der Waals surface area contributed by atoms with Crippen molar-refractivity contribution in [2.45, 2.75) is 52.6 Å². The fraction of sp³-hybridized carbons (Fsp3) is 0.417. The fourth-order valence-corrected chi connectivity index (χ4v) is 3.23. The number of carbonyl (C=O) groups is 2. The third-order valence-corrected chi connectivity index (χ3v) is 5.53. The number of ether oxygens (including phenoxy) is 1. The summed E-state index contributed by atoms with van der Waals surface area (Å²) in [5, 5.41) is 2.96. The molecule has 2 aromatic rings. The normalized spacial score (nSPS) is 12.2. The second kappa shape index (κ2) is 10.6. The fourth-order valence-electron chi connectivity index (χ4n) is 2.98. The Morgan fingerprint density at radius 3 is 2.40 bits per heavy atom. The molecule has 0 aromatic heterocycles. The van der Waals surface area contributed by atoms with Crippen LogP contribution in [-0.4, -0.2) is 41.4 Å². The van der Waals surface area contributed by atoms with E-state index in [1.807, 2.05) is 76.2 Å². The smallest absolute Gasteiger partial charge is 0.261 e. The van der Waals surface area contributed by atoms with Crippen molar-refractivity contribution in [2.24, 2.45) is 0 Å². The van der Waals surface area contributed by atoms with Gasteiger partial charge < -0.3 is 15.0 Å². The molecule has 0 spiro atoms. The second-order valence-electron chi connectivity index (χ2n) is 8.44. The quantitative estimate of drug-likeness (QED) is 0.611. The van der Waals surface area contributed by atoms with Gasteiger partial charge in [0, 0.05) is 16.6 Å². The SMILES string of the molecule is Cc1cc(OCC(=O)N(CCc2ccccc2)C(C)C(=O)NC(C)(C)C)ccc1Br. The molecular formula is C24H31BrN2O3. The minimum Gasteiger partial charge on any atom is -0.484 e. The van der Waals surface area contributed by atoms with Crippen LogP contribution in [0.1, 0.15) is 38.8 Å². The number of amides is 2. The van der Waals surface area contributed by atoms with Crippen molar-refractivity contribution < 1.29 is 14.3 Å². The van der Waals surface area contributed by atoms with Gasteiger partial charge in [-0.1, -0.05) is 46.3 Å². The van der Waals surface area contributed by atoms with Crippen molar-refractivity contribution >= 4 is 27.7 Å². The van der Waals surface area contributed by atoms with Crippen LogP contribution in [0.5, 0.6) is 5.75 Å². The predicted octanol–water partition coefficient (Wildman–Crippen LogP) is 4.51. The van der Waals surface area contributed by atoms with Crippen molar-refractivity contribution in [3.05, 3.63) is 64.1 Å². The van der Waals surface area contributed by atoms with Crippen LogP contribution in [0.2, 0.25) is 0 Å². The molecule has 0 saturated carbocycles. The molecule has 0 fully saturated rings. The molecule has 1 N–H and O–H groups in total. The Hall–Kier alpha value is -2.34. The van der Waals surface area contributed by atoms with E-state index < -0.39 is 6.04 Å².